The third-order valence-corrected chi connectivity index (χ3v) is 3.83. The Balaban J connectivity index is -0.000000100. The maximum atomic E-state index is 11.6. The number of carbonyl (C=O) groups is 5. The van der Waals surface area contributed by atoms with Gasteiger partial charge < -0.3 is 47.6 Å². The Hall–Kier alpha value is -3.35. The number of aldehydes is 2. The van der Waals surface area contributed by atoms with E-state index in [2.05, 4.69) is 59.3 Å². The molecule has 3 amide bonds. The van der Waals surface area contributed by atoms with Gasteiger partial charge in [0.25, 0.3) is 0 Å². The molecule has 236 valence electrons. The zero-order chi connectivity index (χ0) is 32.6. The topological polar surface area (TPSA) is 198 Å². The van der Waals surface area contributed by atoms with Gasteiger partial charge in [-0.05, 0) is 65.0 Å². The Kier molecular flexibility index (Phi) is 60.4. The predicted molar refractivity (Wildman–Crippen MR) is 167 cm³/mol. The van der Waals surface area contributed by atoms with Crippen molar-refractivity contribution in [3.8, 4) is 0 Å². The molecule has 0 aliphatic heterocycles. The van der Waals surface area contributed by atoms with Gasteiger partial charge in [0.05, 0.1) is 13.1 Å². The van der Waals surface area contributed by atoms with Gasteiger partial charge in [-0.2, -0.15) is 0 Å². The van der Waals surface area contributed by atoms with Gasteiger partial charge in [0.1, 0.15) is 18.6 Å². The van der Waals surface area contributed by atoms with E-state index < -0.39 is 6.04 Å². The van der Waals surface area contributed by atoms with E-state index >= 15 is 0 Å². The van der Waals surface area contributed by atoms with Crippen molar-refractivity contribution in [2.45, 2.75) is 59.9 Å². The van der Waals surface area contributed by atoms with E-state index in [0.717, 1.165) is 25.1 Å². The van der Waals surface area contributed by atoms with Gasteiger partial charge in [-0.1, -0.05) is 53.3 Å². The lowest BCUT2D eigenvalue weighted by Gasteiger charge is -2.21. The molecule has 0 aromatic carbocycles. The molecule has 0 aliphatic rings. The van der Waals surface area contributed by atoms with Gasteiger partial charge in [-0.3, -0.25) is 14.4 Å². The van der Waals surface area contributed by atoms with Crippen LogP contribution >= 0.6 is 0 Å². The minimum absolute atomic E-state index is 0.0348. The molecule has 9 N–H and O–H groups in total. The van der Waals surface area contributed by atoms with Crippen LogP contribution in [0.2, 0.25) is 0 Å². The van der Waals surface area contributed by atoms with Crippen LogP contribution in [-0.2, 0) is 24.0 Å². The molecule has 0 saturated carbocycles. The third kappa shape index (κ3) is 55.2. The average molecular weight is 574 g/mol. The highest BCUT2D eigenvalue weighted by molar-refractivity contribution is 5.89. The summed E-state index contributed by atoms with van der Waals surface area (Å²) in [5.41, 5.74) is 10.3. The first-order valence-electron chi connectivity index (χ1n) is 13.2. The zero-order valence-corrected chi connectivity index (χ0v) is 26.2. The lowest BCUT2D eigenvalue weighted by atomic mass is 10.0. The molecule has 0 rings (SSSR count). The first kappa shape index (κ1) is 49.6. The molecule has 40 heavy (non-hydrogen) atoms. The molecule has 0 radical (unpaired) electrons. The molecule has 0 aromatic heterocycles. The van der Waals surface area contributed by atoms with Crippen LogP contribution in [0.4, 0.5) is 0 Å². The van der Waals surface area contributed by atoms with Crippen molar-refractivity contribution >= 4 is 30.8 Å². The number of carbonyl (C=O) groups excluding carboxylic acids is 5. The number of allylic oxidation sites excluding steroid dienone is 3. The monoisotopic (exact) mass is 573 g/mol. The summed E-state index contributed by atoms with van der Waals surface area (Å²) >= 11 is 0. The maximum Gasteiger partial charge on any atom is 0.243 e. The molecule has 0 spiro atoms. The number of hydrogen-bond acceptors (Lipinski definition) is 9. The van der Waals surface area contributed by atoms with Crippen LogP contribution in [0.15, 0.2) is 37.1 Å². The van der Waals surface area contributed by atoms with E-state index in [1.807, 2.05) is 34.0 Å². The van der Waals surface area contributed by atoms with E-state index in [1.54, 1.807) is 19.2 Å². The predicted octanol–water partition coefficient (Wildman–Crippen LogP) is 0.791. The van der Waals surface area contributed by atoms with Crippen LogP contribution in [0.25, 0.3) is 0 Å². The van der Waals surface area contributed by atoms with Crippen LogP contribution in [0.1, 0.15) is 53.9 Å². The Morgan fingerprint density at radius 3 is 1.70 bits per heavy atom. The second-order valence-corrected chi connectivity index (χ2v) is 7.66. The van der Waals surface area contributed by atoms with Crippen molar-refractivity contribution in [3.63, 3.8) is 0 Å². The summed E-state index contributed by atoms with van der Waals surface area (Å²) in [6.07, 6.45) is 10.5. The number of rotatable bonds is 14. The molecule has 0 saturated heterocycles. The first-order chi connectivity index (χ1) is 19.0. The molecule has 12 nitrogen and oxygen atoms in total. The van der Waals surface area contributed by atoms with Gasteiger partial charge in [-0.15, -0.1) is 0 Å². The lowest BCUT2D eigenvalue weighted by molar-refractivity contribution is -0.130. The highest BCUT2D eigenvalue weighted by Gasteiger charge is 2.23. The standard InChI is InChI=1S/C10H19N3O3.C7H11N.2C4H11N.C2H4O.CH3NO/c1-7(2)9(10(16)12-4-5-14)13-8(15)6-11-3;1-4-6-7(5-2)8-3;1-3-4-5-2;1-2-3-4-5;1-2-3;2-1-3/h5,7,9,11H,4,6H2,1-3H3,(H,12,16)(H,13,15);4-6,8H,1-2H2,3H3;5H,3-4H2,1-2H3;2-5H2,1H3;2H,1H3;1H,(H2,2,3)/b;7-6+;;;;. The number of hydrogen-bond donors (Lipinski definition) is 7. The normalized spacial score (nSPS) is 9.60. The Morgan fingerprint density at radius 2 is 1.50 bits per heavy atom. The van der Waals surface area contributed by atoms with Crippen LogP contribution < -0.4 is 38.1 Å². The molecule has 0 bridgehead atoms. The highest BCUT2D eigenvalue weighted by Crippen LogP contribution is 2.01. The molecular formula is C28H59N7O5. The summed E-state index contributed by atoms with van der Waals surface area (Å²) in [4.78, 5) is 50.4. The van der Waals surface area contributed by atoms with Gasteiger partial charge >= 0.3 is 0 Å². The maximum absolute atomic E-state index is 11.6. The number of likely N-dealkylation sites (N-methyl/N-ethyl adjacent to an activating group) is 2. The minimum Gasteiger partial charge on any atom is -0.388 e. The smallest absolute Gasteiger partial charge is 0.243 e. The van der Waals surface area contributed by atoms with Crippen molar-refractivity contribution in [1.29, 1.82) is 0 Å². The van der Waals surface area contributed by atoms with Crippen molar-refractivity contribution in [1.82, 2.24) is 26.6 Å². The summed E-state index contributed by atoms with van der Waals surface area (Å²) in [5, 5.41) is 13.7. The summed E-state index contributed by atoms with van der Waals surface area (Å²) < 4.78 is 0. The van der Waals surface area contributed by atoms with E-state index in [1.165, 1.54) is 26.2 Å². The van der Waals surface area contributed by atoms with Crippen molar-refractivity contribution in [2.24, 2.45) is 17.4 Å². The van der Waals surface area contributed by atoms with Crippen molar-refractivity contribution in [3.05, 3.63) is 37.1 Å². The van der Waals surface area contributed by atoms with Crippen molar-refractivity contribution in [2.75, 3.05) is 47.3 Å². The molecule has 0 aliphatic carbocycles. The Morgan fingerprint density at radius 1 is 0.975 bits per heavy atom. The highest BCUT2D eigenvalue weighted by atomic mass is 16.2. The van der Waals surface area contributed by atoms with E-state index in [-0.39, 0.29) is 37.2 Å². The molecule has 12 heteroatoms. The molecule has 1 atom stereocenters. The van der Waals surface area contributed by atoms with E-state index in [9.17, 15) is 14.4 Å². The Labute approximate surface area is 243 Å². The Bertz CT molecular complexity index is 612. The lowest BCUT2D eigenvalue weighted by Crippen LogP contribution is -2.51. The van der Waals surface area contributed by atoms with E-state index in [0.29, 0.717) is 6.29 Å². The third-order valence-electron chi connectivity index (χ3n) is 3.83. The summed E-state index contributed by atoms with van der Waals surface area (Å²) in [7, 11) is 5.46. The van der Waals surface area contributed by atoms with Crippen LogP contribution in [-0.4, -0.2) is 84.2 Å². The second kappa shape index (κ2) is 48.7. The summed E-state index contributed by atoms with van der Waals surface area (Å²) in [6.45, 7) is 18.6. The van der Waals surface area contributed by atoms with Crippen molar-refractivity contribution < 1.29 is 24.0 Å². The fourth-order valence-electron chi connectivity index (χ4n) is 2.01. The van der Waals surface area contributed by atoms with Crippen LogP contribution in [0.3, 0.4) is 0 Å². The number of nitrogens with one attached hydrogen (secondary N) is 5. The number of nitrogens with two attached hydrogens (primary N) is 2. The minimum atomic E-state index is -0.610. The quantitative estimate of drug-likeness (QED) is 0.116. The summed E-state index contributed by atoms with van der Waals surface area (Å²) in [6, 6.07) is -0.610. The van der Waals surface area contributed by atoms with Gasteiger partial charge in [0, 0.05) is 12.7 Å². The molecule has 0 aromatic rings. The average Bonchev–Trinajstić information content (AvgIpc) is 2.92. The molecule has 1 unspecified atom stereocenters. The van der Waals surface area contributed by atoms with E-state index in [4.69, 9.17) is 15.3 Å². The number of unbranched alkanes of at least 4 members (excludes halogenated alkanes) is 1. The van der Waals surface area contributed by atoms with Crippen LogP contribution in [0.5, 0.6) is 0 Å². The molecule has 0 fully saturated rings. The fourth-order valence-corrected chi connectivity index (χ4v) is 2.01. The van der Waals surface area contributed by atoms with Gasteiger partial charge in [0.15, 0.2) is 0 Å². The fraction of sp³-hybridized carbons (Fsp3) is 0.607. The first-order valence-corrected chi connectivity index (χ1v) is 13.2. The largest absolute Gasteiger partial charge is 0.388 e. The zero-order valence-electron chi connectivity index (χ0n) is 26.2. The number of primary amides is 1. The number of amides is 3. The van der Waals surface area contributed by atoms with Crippen LogP contribution in [0, 0.1) is 5.92 Å². The SMILES string of the molecule is C=C/C=C(\C=C)NC.CC=O.CCCCN.CCCNC.CNCC(=O)NC(C(=O)NCC=O)C(C)C.NC=O. The van der Waals surface area contributed by atoms with Gasteiger partial charge in [-0.25, -0.2) is 0 Å². The molecular weight excluding hydrogens is 514 g/mol. The second-order valence-electron chi connectivity index (χ2n) is 7.66. The molecule has 0 heterocycles. The summed E-state index contributed by atoms with van der Waals surface area (Å²) in [5.74, 6) is -0.624. The van der Waals surface area contributed by atoms with Gasteiger partial charge in [0.2, 0.25) is 18.2 Å².